The number of hydrogen-bond donors (Lipinski definition) is 1. The van der Waals surface area contributed by atoms with Gasteiger partial charge in [-0.05, 0) is 55.5 Å². The molecule has 4 rings (SSSR count). The van der Waals surface area contributed by atoms with Crippen LogP contribution in [-0.2, 0) is 0 Å². The molecule has 2 heterocycles. The quantitative estimate of drug-likeness (QED) is 0.541. The molecule has 0 unspecified atom stereocenters. The summed E-state index contributed by atoms with van der Waals surface area (Å²) >= 11 is 0. The van der Waals surface area contributed by atoms with Gasteiger partial charge in [0.05, 0.1) is 11.1 Å². The van der Waals surface area contributed by atoms with E-state index in [1.165, 1.54) is 0 Å². The van der Waals surface area contributed by atoms with E-state index in [0.717, 1.165) is 28.0 Å². The summed E-state index contributed by atoms with van der Waals surface area (Å²) in [6.45, 7) is 1.88. The molecular weight excluding hydrogens is 350 g/mol. The fraction of sp³-hybridized carbons (Fsp3) is 0.130. The Kier molecular flexibility index (Phi) is 4.57. The van der Waals surface area contributed by atoms with E-state index in [1.807, 2.05) is 86.6 Å². The van der Waals surface area contributed by atoms with Crippen LogP contribution in [0.15, 0.2) is 71.1 Å². The van der Waals surface area contributed by atoms with Crippen LogP contribution in [0.3, 0.4) is 0 Å². The second-order valence-corrected chi connectivity index (χ2v) is 6.88. The number of hydrogen-bond acceptors (Lipinski definition) is 4. The monoisotopic (exact) mass is 371 g/mol. The van der Waals surface area contributed by atoms with Gasteiger partial charge in [-0.25, -0.2) is 4.98 Å². The van der Waals surface area contributed by atoms with Crippen LogP contribution >= 0.6 is 0 Å². The van der Waals surface area contributed by atoms with Gasteiger partial charge in [0.25, 0.3) is 5.91 Å². The van der Waals surface area contributed by atoms with Crippen molar-refractivity contribution in [3.8, 4) is 11.5 Å². The normalized spacial score (nSPS) is 10.8. The lowest BCUT2D eigenvalue weighted by molar-refractivity contribution is 0.102. The van der Waals surface area contributed by atoms with Crippen molar-refractivity contribution in [1.29, 1.82) is 0 Å². The predicted octanol–water partition coefficient (Wildman–Crippen LogP) is 5.12. The van der Waals surface area contributed by atoms with Gasteiger partial charge in [0.1, 0.15) is 11.5 Å². The van der Waals surface area contributed by atoms with Crippen LogP contribution in [0.4, 0.5) is 11.4 Å². The van der Waals surface area contributed by atoms with Gasteiger partial charge >= 0.3 is 0 Å². The second-order valence-electron chi connectivity index (χ2n) is 6.88. The summed E-state index contributed by atoms with van der Waals surface area (Å²) in [7, 11) is 3.96. The van der Waals surface area contributed by atoms with Gasteiger partial charge in [0, 0.05) is 30.9 Å². The first-order chi connectivity index (χ1) is 13.5. The maximum Gasteiger partial charge on any atom is 0.256 e. The zero-order valence-electron chi connectivity index (χ0n) is 16.1. The fourth-order valence-electron chi connectivity index (χ4n) is 3.10. The number of fused-ring (bicyclic) bond motifs is 1. The number of nitrogens with one attached hydrogen (secondary N) is 1. The summed E-state index contributed by atoms with van der Waals surface area (Å²) in [4.78, 5) is 19.7. The lowest BCUT2D eigenvalue weighted by Gasteiger charge is -2.13. The minimum absolute atomic E-state index is 0.180. The first-order valence-corrected chi connectivity index (χ1v) is 9.06. The Labute approximate surface area is 163 Å². The van der Waals surface area contributed by atoms with Gasteiger partial charge in [-0.1, -0.05) is 18.2 Å². The Morgan fingerprint density at radius 2 is 1.75 bits per heavy atom. The van der Waals surface area contributed by atoms with Gasteiger partial charge in [-0.2, -0.15) is 0 Å². The number of carbonyl (C=O) groups is 1. The Hall–Kier alpha value is -3.60. The number of para-hydroxylation sites is 1. The number of furan rings is 1. The van der Waals surface area contributed by atoms with Gasteiger partial charge < -0.3 is 14.6 Å². The molecule has 5 nitrogen and oxygen atoms in total. The standard InChI is InChI=1S/C23H21N3O2/c1-15-8-13-22(28-15)21-14-19(18-6-4-5-7-20(18)25-21)23(27)24-16-9-11-17(12-10-16)26(2)3/h4-14H,1-3H3,(H,24,27). The number of nitrogens with zero attached hydrogens (tertiary/aromatic N) is 2. The molecule has 0 aliphatic rings. The van der Waals surface area contributed by atoms with Crippen molar-refractivity contribution in [3.05, 3.63) is 78.1 Å². The maximum atomic E-state index is 13.1. The molecule has 2 aromatic heterocycles. The lowest BCUT2D eigenvalue weighted by Crippen LogP contribution is -2.13. The van der Waals surface area contributed by atoms with Crippen LogP contribution < -0.4 is 10.2 Å². The van der Waals surface area contributed by atoms with E-state index < -0.39 is 0 Å². The van der Waals surface area contributed by atoms with E-state index in [9.17, 15) is 4.79 Å². The summed E-state index contributed by atoms with van der Waals surface area (Å²) in [5.41, 5.74) is 3.77. The van der Waals surface area contributed by atoms with E-state index >= 15 is 0 Å². The molecule has 0 fully saturated rings. The van der Waals surface area contributed by atoms with E-state index in [1.54, 1.807) is 6.07 Å². The molecule has 1 amide bonds. The largest absolute Gasteiger partial charge is 0.460 e. The van der Waals surface area contributed by atoms with E-state index in [-0.39, 0.29) is 5.91 Å². The number of aryl methyl sites for hydroxylation is 1. The third kappa shape index (κ3) is 3.47. The van der Waals surface area contributed by atoms with Gasteiger partial charge in [0.2, 0.25) is 0 Å². The fourth-order valence-corrected chi connectivity index (χ4v) is 3.10. The summed E-state index contributed by atoms with van der Waals surface area (Å²) in [5, 5.41) is 3.79. The second kappa shape index (κ2) is 7.19. The molecule has 0 saturated heterocycles. The third-order valence-corrected chi connectivity index (χ3v) is 4.60. The van der Waals surface area contributed by atoms with Crippen molar-refractivity contribution in [2.24, 2.45) is 0 Å². The molecule has 28 heavy (non-hydrogen) atoms. The Balaban J connectivity index is 1.73. The molecule has 0 spiro atoms. The number of anilines is 2. The number of rotatable bonds is 4. The highest BCUT2D eigenvalue weighted by Crippen LogP contribution is 2.27. The molecule has 5 heteroatoms. The van der Waals surface area contributed by atoms with Crippen LogP contribution in [0.5, 0.6) is 0 Å². The molecule has 0 aliphatic carbocycles. The smallest absolute Gasteiger partial charge is 0.256 e. The lowest BCUT2D eigenvalue weighted by atomic mass is 10.1. The average molecular weight is 371 g/mol. The van der Waals surface area contributed by atoms with E-state index in [2.05, 4.69) is 10.3 Å². The van der Waals surface area contributed by atoms with Gasteiger partial charge in [-0.3, -0.25) is 4.79 Å². The van der Waals surface area contributed by atoms with Crippen LogP contribution in [-0.4, -0.2) is 25.0 Å². The van der Waals surface area contributed by atoms with Crippen LogP contribution in [0.2, 0.25) is 0 Å². The number of pyridine rings is 1. The summed E-state index contributed by atoms with van der Waals surface area (Å²) < 4.78 is 5.71. The number of benzene rings is 2. The van der Waals surface area contributed by atoms with Crippen molar-refractivity contribution in [3.63, 3.8) is 0 Å². The first kappa shape index (κ1) is 17.8. The summed E-state index contributed by atoms with van der Waals surface area (Å²) in [6, 6.07) is 20.9. The topological polar surface area (TPSA) is 58.4 Å². The third-order valence-electron chi connectivity index (χ3n) is 4.60. The molecule has 0 bridgehead atoms. The van der Waals surface area contributed by atoms with Crippen molar-refractivity contribution < 1.29 is 9.21 Å². The Bertz CT molecular complexity index is 1140. The molecule has 0 aliphatic heterocycles. The van der Waals surface area contributed by atoms with Crippen LogP contribution in [0.1, 0.15) is 16.1 Å². The zero-order valence-corrected chi connectivity index (χ0v) is 16.1. The zero-order chi connectivity index (χ0) is 19.7. The SMILES string of the molecule is Cc1ccc(-c2cc(C(=O)Nc3ccc(N(C)C)cc3)c3ccccc3n2)o1. The Morgan fingerprint density at radius 3 is 2.43 bits per heavy atom. The highest BCUT2D eigenvalue weighted by molar-refractivity contribution is 6.13. The molecule has 0 atom stereocenters. The molecule has 0 saturated carbocycles. The van der Waals surface area contributed by atoms with Crippen LogP contribution in [0.25, 0.3) is 22.4 Å². The summed E-state index contributed by atoms with van der Waals surface area (Å²) in [5.74, 6) is 1.27. The molecule has 4 aromatic rings. The first-order valence-electron chi connectivity index (χ1n) is 9.06. The summed E-state index contributed by atoms with van der Waals surface area (Å²) in [6.07, 6.45) is 0. The molecule has 0 radical (unpaired) electrons. The van der Waals surface area contributed by atoms with Crippen molar-refractivity contribution >= 4 is 28.2 Å². The minimum Gasteiger partial charge on any atom is -0.460 e. The van der Waals surface area contributed by atoms with Crippen molar-refractivity contribution in [2.75, 3.05) is 24.3 Å². The number of amides is 1. The minimum atomic E-state index is -0.180. The molecular formula is C23H21N3O2. The number of aromatic nitrogens is 1. The van der Waals surface area contributed by atoms with Gasteiger partial charge in [0.15, 0.2) is 5.76 Å². The van der Waals surface area contributed by atoms with Gasteiger partial charge in [-0.15, -0.1) is 0 Å². The van der Waals surface area contributed by atoms with Crippen LogP contribution in [0, 0.1) is 6.92 Å². The van der Waals surface area contributed by atoms with Crippen molar-refractivity contribution in [2.45, 2.75) is 6.92 Å². The molecule has 2 aromatic carbocycles. The van der Waals surface area contributed by atoms with Crippen molar-refractivity contribution in [1.82, 2.24) is 4.98 Å². The van der Waals surface area contributed by atoms with E-state index in [4.69, 9.17) is 4.42 Å². The highest BCUT2D eigenvalue weighted by Gasteiger charge is 2.15. The molecule has 140 valence electrons. The maximum absolute atomic E-state index is 13.1. The predicted molar refractivity (Wildman–Crippen MR) is 113 cm³/mol. The Morgan fingerprint density at radius 1 is 1.00 bits per heavy atom. The highest BCUT2D eigenvalue weighted by atomic mass is 16.3. The molecule has 1 N–H and O–H groups in total. The number of carbonyl (C=O) groups excluding carboxylic acids is 1. The van der Waals surface area contributed by atoms with E-state index in [0.29, 0.717) is 17.0 Å². The average Bonchev–Trinajstić information content (AvgIpc) is 3.14.